The number of hydrogen-bond donors (Lipinski definition) is 1. The van der Waals surface area contributed by atoms with Gasteiger partial charge in [-0.3, -0.25) is 9.80 Å². The van der Waals surface area contributed by atoms with Crippen molar-refractivity contribution in [3.05, 3.63) is 35.6 Å². The summed E-state index contributed by atoms with van der Waals surface area (Å²) in [7, 11) is -2.93. The van der Waals surface area contributed by atoms with E-state index in [9.17, 15) is 17.9 Å². The van der Waals surface area contributed by atoms with E-state index < -0.39 is 15.9 Å². The second-order valence-electron chi connectivity index (χ2n) is 6.53. The summed E-state index contributed by atoms with van der Waals surface area (Å²) < 4.78 is 41.3. The van der Waals surface area contributed by atoms with Gasteiger partial charge in [0.1, 0.15) is 15.7 Å². The minimum Gasteiger partial charge on any atom is -0.389 e. The van der Waals surface area contributed by atoms with Crippen molar-refractivity contribution in [2.45, 2.75) is 12.7 Å². The van der Waals surface area contributed by atoms with Crippen LogP contribution in [0.1, 0.15) is 5.56 Å². The SMILES string of the molecule is CS(=O)(=O)CCN1CCN(CC(O)COCc2ccccc2F)CC1. The second kappa shape index (κ2) is 9.59. The van der Waals surface area contributed by atoms with Crippen molar-refractivity contribution >= 4 is 9.84 Å². The normalized spacial score (nSPS) is 18.4. The number of β-amino-alcohol motifs (C(OH)–C–C–N with tert-alkyl or cyclic N) is 1. The highest BCUT2D eigenvalue weighted by Crippen LogP contribution is 2.08. The smallest absolute Gasteiger partial charge is 0.148 e. The average molecular weight is 374 g/mol. The first-order chi connectivity index (χ1) is 11.8. The van der Waals surface area contributed by atoms with Crippen LogP contribution in [0.5, 0.6) is 0 Å². The van der Waals surface area contributed by atoms with Gasteiger partial charge in [-0.2, -0.15) is 0 Å². The molecule has 1 atom stereocenters. The number of sulfone groups is 1. The number of halogens is 1. The molecule has 0 bridgehead atoms. The van der Waals surface area contributed by atoms with Crippen molar-refractivity contribution in [3.63, 3.8) is 0 Å². The first-order valence-electron chi connectivity index (χ1n) is 8.45. The third-order valence-electron chi connectivity index (χ3n) is 4.24. The van der Waals surface area contributed by atoms with Crippen molar-refractivity contribution in [2.24, 2.45) is 0 Å². The molecule has 6 nitrogen and oxygen atoms in total. The molecule has 25 heavy (non-hydrogen) atoms. The van der Waals surface area contributed by atoms with Crippen LogP contribution in [0.25, 0.3) is 0 Å². The van der Waals surface area contributed by atoms with Gasteiger partial charge in [0.05, 0.1) is 25.1 Å². The fraction of sp³-hybridized carbons (Fsp3) is 0.647. The Morgan fingerprint density at radius 1 is 1.20 bits per heavy atom. The summed E-state index contributed by atoms with van der Waals surface area (Å²) in [4.78, 5) is 4.26. The number of hydrogen-bond acceptors (Lipinski definition) is 6. The highest BCUT2D eigenvalue weighted by molar-refractivity contribution is 7.90. The Labute approximate surface area is 149 Å². The van der Waals surface area contributed by atoms with Crippen LogP contribution in [-0.2, 0) is 21.2 Å². The van der Waals surface area contributed by atoms with Crippen LogP contribution in [0.2, 0.25) is 0 Å². The molecule has 1 unspecified atom stereocenters. The highest BCUT2D eigenvalue weighted by atomic mass is 32.2. The summed E-state index contributed by atoms with van der Waals surface area (Å²) >= 11 is 0. The average Bonchev–Trinajstić information content (AvgIpc) is 2.55. The molecule has 1 aliphatic heterocycles. The minimum absolute atomic E-state index is 0.142. The van der Waals surface area contributed by atoms with Gasteiger partial charge in [0, 0.05) is 51.1 Å². The van der Waals surface area contributed by atoms with Gasteiger partial charge in [0.2, 0.25) is 0 Å². The molecule has 0 spiro atoms. The standard InChI is InChI=1S/C17H27FN2O4S/c1-25(22,23)11-10-19-6-8-20(9-7-19)12-16(21)14-24-13-15-4-2-3-5-17(15)18/h2-5,16,21H,6-14H2,1H3. The van der Waals surface area contributed by atoms with Crippen molar-refractivity contribution in [1.29, 1.82) is 0 Å². The van der Waals surface area contributed by atoms with E-state index in [1.165, 1.54) is 12.3 Å². The van der Waals surface area contributed by atoms with Crippen LogP contribution in [0, 0.1) is 5.82 Å². The zero-order valence-electron chi connectivity index (χ0n) is 14.6. The van der Waals surface area contributed by atoms with Gasteiger partial charge in [0.15, 0.2) is 0 Å². The Kier molecular flexibility index (Phi) is 7.77. The molecular weight excluding hydrogens is 347 g/mol. The van der Waals surface area contributed by atoms with Gasteiger partial charge in [0.25, 0.3) is 0 Å². The lowest BCUT2D eigenvalue weighted by atomic mass is 10.2. The molecule has 1 aromatic rings. The molecule has 1 aromatic carbocycles. The van der Waals surface area contributed by atoms with Crippen molar-refractivity contribution in [3.8, 4) is 0 Å². The van der Waals surface area contributed by atoms with Gasteiger partial charge < -0.3 is 9.84 Å². The zero-order chi connectivity index (χ0) is 18.3. The topological polar surface area (TPSA) is 70.1 Å². The molecule has 1 aliphatic rings. The van der Waals surface area contributed by atoms with Gasteiger partial charge in [-0.05, 0) is 6.07 Å². The molecule has 0 radical (unpaired) electrons. The number of aliphatic hydroxyl groups excluding tert-OH is 1. The van der Waals surface area contributed by atoms with E-state index in [2.05, 4.69) is 9.80 Å². The predicted octanol–water partition coefficient (Wildman–Crippen LogP) is 0.365. The van der Waals surface area contributed by atoms with Gasteiger partial charge in [-0.15, -0.1) is 0 Å². The van der Waals surface area contributed by atoms with E-state index >= 15 is 0 Å². The van der Waals surface area contributed by atoms with Crippen LogP contribution in [0.15, 0.2) is 24.3 Å². The molecule has 0 saturated carbocycles. The highest BCUT2D eigenvalue weighted by Gasteiger charge is 2.20. The monoisotopic (exact) mass is 374 g/mol. The number of piperazine rings is 1. The molecule has 0 aliphatic carbocycles. The Bertz CT molecular complexity index is 633. The summed E-state index contributed by atoms with van der Waals surface area (Å²) in [6, 6.07) is 6.43. The molecule has 1 heterocycles. The molecule has 1 N–H and O–H groups in total. The quantitative estimate of drug-likeness (QED) is 0.673. The lowest BCUT2D eigenvalue weighted by Crippen LogP contribution is -2.49. The van der Waals surface area contributed by atoms with E-state index in [1.807, 2.05) is 0 Å². The van der Waals surface area contributed by atoms with Gasteiger partial charge in [-0.25, -0.2) is 12.8 Å². The number of rotatable bonds is 9. The molecule has 1 saturated heterocycles. The summed E-state index contributed by atoms with van der Waals surface area (Å²) in [6.07, 6.45) is 0.621. The largest absolute Gasteiger partial charge is 0.389 e. The number of aliphatic hydroxyl groups is 1. The Hall–Kier alpha value is -1.06. The van der Waals surface area contributed by atoms with E-state index in [4.69, 9.17) is 4.74 Å². The molecule has 2 rings (SSSR count). The van der Waals surface area contributed by atoms with E-state index in [-0.39, 0.29) is 24.8 Å². The van der Waals surface area contributed by atoms with E-state index in [0.29, 0.717) is 18.7 Å². The first-order valence-corrected chi connectivity index (χ1v) is 10.5. The van der Waals surface area contributed by atoms with Crippen molar-refractivity contribution in [1.82, 2.24) is 9.80 Å². The van der Waals surface area contributed by atoms with Crippen LogP contribution in [0.3, 0.4) is 0 Å². The van der Waals surface area contributed by atoms with Crippen LogP contribution < -0.4 is 0 Å². The van der Waals surface area contributed by atoms with Crippen LogP contribution in [0.4, 0.5) is 4.39 Å². The molecule has 0 aromatic heterocycles. The lowest BCUT2D eigenvalue weighted by molar-refractivity contribution is 0.00118. The van der Waals surface area contributed by atoms with Gasteiger partial charge >= 0.3 is 0 Å². The molecule has 8 heteroatoms. The van der Waals surface area contributed by atoms with Crippen LogP contribution >= 0.6 is 0 Å². The third kappa shape index (κ3) is 7.79. The Balaban J connectivity index is 1.62. The summed E-state index contributed by atoms with van der Waals surface area (Å²) in [5, 5.41) is 10.1. The minimum atomic E-state index is -2.93. The summed E-state index contributed by atoms with van der Waals surface area (Å²) in [5.41, 5.74) is 0.481. The van der Waals surface area contributed by atoms with E-state index in [1.54, 1.807) is 18.2 Å². The lowest BCUT2D eigenvalue weighted by Gasteiger charge is -2.35. The van der Waals surface area contributed by atoms with Crippen LogP contribution in [-0.4, -0.2) is 87.3 Å². The molecule has 142 valence electrons. The Morgan fingerprint density at radius 3 is 2.48 bits per heavy atom. The maximum atomic E-state index is 13.5. The molecule has 1 fully saturated rings. The zero-order valence-corrected chi connectivity index (χ0v) is 15.4. The summed E-state index contributed by atoms with van der Waals surface area (Å²) in [5.74, 6) is -0.123. The second-order valence-corrected chi connectivity index (χ2v) is 8.79. The fourth-order valence-electron chi connectivity index (χ4n) is 2.76. The predicted molar refractivity (Wildman–Crippen MR) is 94.7 cm³/mol. The Morgan fingerprint density at radius 2 is 1.84 bits per heavy atom. The maximum absolute atomic E-state index is 13.5. The summed E-state index contributed by atoms with van der Waals surface area (Å²) in [6.45, 7) is 4.50. The number of benzene rings is 1. The number of ether oxygens (including phenoxy) is 1. The fourth-order valence-corrected chi connectivity index (χ4v) is 3.35. The first kappa shape index (κ1) is 20.3. The number of nitrogens with zero attached hydrogens (tertiary/aromatic N) is 2. The van der Waals surface area contributed by atoms with Gasteiger partial charge in [-0.1, -0.05) is 18.2 Å². The van der Waals surface area contributed by atoms with Crippen molar-refractivity contribution < 1.29 is 22.7 Å². The van der Waals surface area contributed by atoms with Crippen molar-refractivity contribution in [2.75, 3.05) is 57.9 Å². The van der Waals surface area contributed by atoms with E-state index in [0.717, 1.165) is 26.2 Å². The molecular formula is C17H27FN2O4S. The maximum Gasteiger partial charge on any atom is 0.148 e. The third-order valence-corrected chi connectivity index (χ3v) is 5.16. The molecule has 0 amide bonds.